The Balaban J connectivity index is 1.90. The summed E-state index contributed by atoms with van der Waals surface area (Å²) in [7, 11) is 0. The van der Waals surface area contributed by atoms with Crippen molar-refractivity contribution in [2.75, 3.05) is 5.73 Å². The lowest BCUT2D eigenvalue weighted by Gasteiger charge is -2.31. The molecule has 2 atom stereocenters. The molecule has 1 fully saturated rings. The molecule has 4 heteroatoms. The van der Waals surface area contributed by atoms with E-state index in [-0.39, 0.29) is 12.1 Å². The lowest BCUT2D eigenvalue weighted by Crippen LogP contribution is -2.29. The highest BCUT2D eigenvalue weighted by atomic mass is 16.5. The van der Waals surface area contributed by atoms with Gasteiger partial charge in [-0.05, 0) is 43.2 Å². The molecule has 1 saturated carbocycles. The standard InChI is InChI=1S/C16H21N3O/c1-10-7-11(2)9-12(8-10)20-15-13-5-3-4-6-14(13)18-16(17)19-15/h3-6,10-12H,7-9H2,1-2H3,(H2,17,18,19). The Morgan fingerprint density at radius 1 is 1.05 bits per heavy atom. The molecule has 0 saturated heterocycles. The van der Waals surface area contributed by atoms with Gasteiger partial charge >= 0.3 is 0 Å². The van der Waals surface area contributed by atoms with Gasteiger partial charge in [0.05, 0.1) is 10.9 Å². The van der Waals surface area contributed by atoms with Gasteiger partial charge in [-0.3, -0.25) is 0 Å². The summed E-state index contributed by atoms with van der Waals surface area (Å²) in [4.78, 5) is 8.54. The number of ether oxygens (including phenoxy) is 1. The van der Waals surface area contributed by atoms with Crippen LogP contribution in [0.1, 0.15) is 33.1 Å². The quantitative estimate of drug-likeness (QED) is 0.909. The zero-order chi connectivity index (χ0) is 14.1. The lowest BCUT2D eigenvalue weighted by atomic mass is 9.82. The molecule has 1 aliphatic carbocycles. The van der Waals surface area contributed by atoms with Gasteiger partial charge < -0.3 is 10.5 Å². The number of hydrogen-bond donors (Lipinski definition) is 1. The van der Waals surface area contributed by atoms with E-state index in [4.69, 9.17) is 10.5 Å². The summed E-state index contributed by atoms with van der Waals surface area (Å²) in [6.45, 7) is 4.58. The van der Waals surface area contributed by atoms with Crippen LogP contribution in [0.3, 0.4) is 0 Å². The summed E-state index contributed by atoms with van der Waals surface area (Å²) < 4.78 is 6.16. The Kier molecular flexibility index (Phi) is 3.47. The molecule has 1 aromatic heterocycles. The first-order valence-corrected chi connectivity index (χ1v) is 7.30. The Labute approximate surface area is 119 Å². The van der Waals surface area contributed by atoms with Crippen LogP contribution in [0.15, 0.2) is 24.3 Å². The maximum atomic E-state index is 6.16. The second kappa shape index (κ2) is 5.27. The highest BCUT2D eigenvalue weighted by molar-refractivity contribution is 5.84. The molecule has 4 nitrogen and oxygen atoms in total. The van der Waals surface area contributed by atoms with E-state index in [1.807, 2.05) is 24.3 Å². The first-order valence-electron chi connectivity index (χ1n) is 7.30. The van der Waals surface area contributed by atoms with Crippen molar-refractivity contribution in [3.63, 3.8) is 0 Å². The molecule has 1 heterocycles. The highest BCUT2D eigenvalue weighted by Gasteiger charge is 2.26. The monoisotopic (exact) mass is 271 g/mol. The van der Waals surface area contributed by atoms with Crippen LogP contribution >= 0.6 is 0 Å². The van der Waals surface area contributed by atoms with Crippen LogP contribution in [-0.4, -0.2) is 16.1 Å². The second-order valence-corrected chi connectivity index (χ2v) is 6.06. The minimum absolute atomic E-state index is 0.228. The third-order valence-corrected chi connectivity index (χ3v) is 4.00. The maximum Gasteiger partial charge on any atom is 0.226 e. The summed E-state index contributed by atoms with van der Waals surface area (Å²) in [6.07, 6.45) is 3.68. The molecule has 1 aromatic carbocycles. The molecule has 0 aliphatic heterocycles. The molecule has 2 aromatic rings. The van der Waals surface area contributed by atoms with Crippen molar-refractivity contribution in [2.45, 2.75) is 39.2 Å². The van der Waals surface area contributed by atoms with Gasteiger partial charge in [-0.2, -0.15) is 4.98 Å². The van der Waals surface area contributed by atoms with E-state index < -0.39 is 0 Å². The number of nitrogen functional groups attached to an aromatic ring is 1. The number of para-hydroxylation sites is 1. The molecular weight excluding hydrogens is 250 g/mol. The van der Waals surface area contributed by atoms with Crippen LogP contribution < -0.4 is 10.5 Å². The highest BCUT2D eigenvalue weighted by Crippen LogP contribution is 2.32. The zero-order valence-corrected chi connectivity index (χ0v) is 12.0. The Morgan fingerprint density at radius 2 is 1.75 bits per heavy atom. The van der Waals surface area contributed by atoms with Crippen LogP contribution in [0.5, 0.6) is 5.88 Å². The molecule has 0 amide bonds. The topological polar surface area (TPSA) is 61.0 Å². The van der Waals surface area contributed by atoms with Crippen LogP contribution in [-0.2, 0) is 0 Å². The van der Waals surface area contributed by atoms with Gasteiger partial charge in [0, 0.05) is 0 Å². The van der Waals surface area contributed by atoms with E-state index in [2.05, 4.69) is 23.8 Å². The second-order valence-electron chi connectivity index (χ2n) is 6.06. The number of fused-ring (bicyclic) bond motifs is 1. The first-order chi connectivity index (χ1) is 9.61. The Hall–Kier alpha value is -1.84. The summed E-state index contributed by atoms with van der Waals surface area (Å²) in [5.41, 5.74) is 6.62. The van der Waals surface area contributed by atoms with Gasteiger partial charge in [0.2, 0.25) is 11.8 Å². The minimum atomic E-state index is 0.228. The van der Waals surface area contributed by atoms with Crippen LogP contribution in [0, 0.1) is 11.8 Å². The lowest BCUT2D eigenvalue weighted by molar-refractivity contribution is 0.0983. The van der Waals surface area contributed by atoms with Gasteiger partial charge in [0.1, 0.15) is 6.10 Å². The van der Waals surface area contributed by atoms with E-state index in [0.717, 1.165) is 23.7 Å². The van der Waals surface area contributed by atoms with Crippen molar-refractivity contribution in [3.8, 4) is 5.88 Å². The SMILES string of the molecule is CC1CC(C)CC(Oc2nc(N)nc3ccccc23)C1. The molecular formula is C16H21N3O. The van der Waals surface area contributed by atoms with Gasteiger partial charge in [-0.15, -0.1) is 0 Å². The normalized spacial score (nSPS) is 26.6. The van der Waals surface area contributed by atoms with Crippen LogP contribution in [0.25, 0.3) is 10.9 Å². The fourth-order valence-corrected chi connectivity index (χ4v) is 3.28. The maximum absolute atomic E-state index is 6.16. The average molecular weight is 271 g/mol. The van der Waals surface area contributed by atoms with Gasteiger partial charge in [0.25, 0.3) is 0 Å². The smallest absolute Gasteiger partial charge is 0.226 e. The Morgan fingerprint density at radius 3 is 2.50 bits per heavy atom. The minimum Gasteiger partial charge on any atom is -0.474 e. The summed E-state index contributed by atoms with van der Waals surface area (Å²) in [5.74, 6) is 2.30. The molecule has 0 bridgehead atoms. The Bertz CT molecular complexity index is 604. The molecule has 1 aliphatic rings. The third-order valence-electron chi connectivity index (χ3n) is 4.00. The van der Waals surface area contributed by atoms with Gasteiger partial charge in [-0.25, -0.2) is 4.98 Å². The van der Waals surface area contributed by atoms with Crippen molar-refractivity contribution in [1.82, 2.24) is 9.97 Å². The van der Waals surface area contributed by atoms with Gasteiger partial charge in [-0.1, -0.05) is 26.0 Å². The van der Waals surface area contributed by atoms with Crippen LogP contribution in [0.4, 0.5) is 5.95 Å². The number of nitrogens with two attached hydrogens (primary N) is 1. The molecule has 2 unspecified atom stereocenters. The molecule has 3 rings (SSSR count). The van der Waals surface area contributed by atoms with Crippen molar-refractivity contribution >= 4 is 16.9 Å². The average Bonchev–Trinajstić information content (AvgIpc) is 2.37. The van der Waals surface area contributed by atoms with E-state index in [1.165, 1.54) is 6.42 Å². The predicted octanol–water partition coefficient (Wildman–Crippen LogP) is 3.42. The predicted molar refractivity (Wildman–Crippen MR) is 80.5 cm³/mol. The van der Waals surface area contributed by atoms with Crippen molar-refractivity contribution in [2.24, 2.45) is 11.8 Å². The van der Waals surface area contributed by atoms with Crippen LogP contribution in [0.2, 0.25) is 0 Å². The van der Waals surface area contributed by atoms with Gasteiger partial charge in [0.15, 0.2) is 0 Å². The number of anilines is 1. The summed E-state index contributed by atoms with van der Waals surface area (Å²) in [6, 6.07) is 7.84. The van der Waals surface area contributed by atoms with E-state index in [1.54, 1.807) is 0 Å². The van der Waals surface area contributed by atoms with E-state index in [0.29, 0.717) is 17.7 Å². The zero-order valence-electron chi connectivity index (χ0n) is 12.0. The molecule has 20 heavy (non-hydrogen) atoms. The van der Waals surface area contributed by atoms with Crippen molar-refractivity contribution < 1.29 is 4.74 Å². The summed E-state index contributed by atoms with van der Waals surface area (Å²) in [5, 5.41) is 0.938. The number of hydrogen-bond acceptors (Lipinski definition) is 4. The molecule has 0 radical (unpaired) electrons. The van der Waals surface area contributed by atoms with E-state index in [9.17, 15) is 0 Å². The third kappa shape index (κ3) is 2.69. The van der Waals surface area contributed by atoms with E-state index >= 15 is 0 Å². The summed E-state index contributed by atoms with van der Waals surface area (Å²) >= 11 is 0. The number of benzene rings is 1. The molecule has 0 spiro atoms. The number of aromatic nitrogens is 2. The fraction of sp³-hybridized carbons (Fsp3) is 0.500. The van der Waals surface area contributed by atoms with Crippen molar-refractivity contribution in [1.29, 1.82) is 0 Å². The first kappa shape index (κ1) is 13.2. The fourth-order valence-electron chi connectivity index (χ4n) is 3.28. The van der Waals surface area contributed by atoms with Crippen molar-refractivity contribution in [3.05, 3.63) is 24.3 Å². The molecule has 2 N–H and O–H groups in total. The largest absolute Gasteiger partial charge is 0.474 e. The number of nitrogens with zero attached hydrogens (tertiary/aromatic N) is 2. The number of rotatable bonds is 2. The molecule has 106 valence electrons.